The SMILES string of the molecule is CCCCCC1(C2(CCCO)CC2)OCCO1. The number of aliphatic hydroxyl groups is 1. The van der Waals surface area contributed by atoms with E-state index in [0.29, 0.717) is 0 Å². The zero-order chi connectivity index (χ0) is 12.2. The molecule has 0 aromatic rings. The lowest BCUT2D eigenvalue weighted by Crippen LogP contribution is -2.41. The summed E-state index contributed by atoms with van der Waals surface area (Å²) in [5.41, 5.74) is 0.222. The Labute approximate surface area is 104 Å². The van der Waals surface area contributed by atoms with Crippen molar-refractivity contribution in [3.8, 4) is 0 Å². The van der Waals surface area contributed by atoms with Crippen LogP contribution in [0.1, 0.15) is 58.3 Å². The van der Waals surface area contributed by atoms with Crippen molar-refractivity contribution in [1.29, 1.82) is 0 Å². The predicted octanol–water partition coefficient (Wildman–Crippen LogP) is 2.86. The Bertz CT molecular complexity index is 230. The largest absolute Gasteiger partial charge is 0.396 e. The van der Waals surface area contributed by atoms with E-state index in [2.05, 4.69) is 6.92 Å². The molecule has 1 saturated heterocycles. The average Bonchev–Trinajstić information content (AvgIpc) is 3.00. The molecule has 0 unspecified atom stereocenters. The van der Waals surface area contributed by atoms with E-state index >= 15 is 0 Å². The highest BCUT2D eigenvalue weighted by Crippen LogP contribution is 2.61. The Morgan fingerprint density at radius 3 is 2.24 bits per heavy atom. The van der Waals surface area contributed by atoms with Crippen molar-refractivity contribution in [3.05, 3.63) is 0 Å². The van der Waals surface area contributed by atoms with Gasteiger partial charge in [0.1, 0.15) is 0 Å². The fourth-order valence-corrected chi connectivity index (χ4v) is 3.17. The molecule has 2 fully saturated rings. The Morgan fingerprint density at radius 2 is 1.71 bits per heavy atom. The summed E-state index contributed by atoms with van der Waals surface area (Å²) in [4.78, 5) is 0. The number of hydrogen-bond acceptors (Lipinski definition) is 3. The molecule has 1 aliphatic carbocycles. The molecule has 0 bridgehead atoms. The van der Waals surface area contributed by atoms with Crippen LogP contribution in [0.15, 0.2) is 0 Å². The van der Waals surface area contributed by atoms with Gasteiger partial charge in [-0.2, -0.15) is 0 Å². The van der Waals surface area contributed by atoms with E-state index in [1.165, 1.54) is 32.1 Å². The Kier molecular flexibility index (Phi) is 4.45. The summed E-state index contributed by atoms with van der Waals surface area (Å²) in [6.07, 6.45) is 9.06. The Morgan fingerprint density at radius 1 is 1.00 bits per heavy atom. The van der Waals surface area contributed by atoms with Crippen LogP contribution in [-0.4, -0.2) is 30.7 Å². The van der Waals surface area contributed by atoms with E-state index < -0.39 is 0 Å². The van der Waals surface area contributed by atoms with Crippen molar-refractivity contribution >= 4 is 0 Å². The monoisotopic (exact) mass is 242 g/mol. The maximum absolute atomic E-state index is 9.02. The van der Waals surface area contributed by atoms with Crippen LogP contribution >= 0.6 is 0 Å². The summed E-state index contributed by atoms with van der Waals surface area (Å²) in [6, 6.07) is 0. The van der Waals surface area contributed by atoms with Crippen molar-refractivity contribution in [3.63, 3.8) is 0 Å². The molecule has 1 N–H and O–H groups in total. The van der Waals surface area contributed by atoms with Crippen molar-refractivity contribution in [2.24, 2.45) is 5.41 Å². The summed E-state index contributed by atoms with van der Waals surface area (Å²) in [5, 5.41) is 9.02. The van der Waals surface area contributed by atoms with Crippen molar-refractivity contribution in [2.75, 3.05) is 19.8 Å². The van der Waals surface area contributed by atoms with Crippen LogP contribution in [0.5, 0.6) is 0 Å². The third-order valence-corrected chi connectivity index (χ3v) is 4.34. The van der Waals surface area contributed by atoms with E-state index in [1.54, 1.807) is 0 Å². The predicted molar refractivity (Wildman–Crippen MR) is 66.8 cm³/mol. The molecular formula is C14H26O3. The molecule has 0 atom stereocenters. The van der Waals surface area contributed by atoms with Crippen molar-refractivity contribution in [1.82, 2.24) is 0 Å². The topological polar surface area (TPSA) is 38.7 Å². The molecule has 2 rings (SSSR count). The van der Waals surface area contributed by atoms with Gasteiger partial charge in [0.25, 0.3) is 0 Å². The van der Waals surface area contributed by atoms with E-state index in [9.17, 15) is 0 Å². The first-order valence-corrected chi connectivity index (χ1v) is 7.17. The fraction of sp³-hybridized carbons (Fsp3) is 1.00. The van der Waals surface area contributed by atoms with Gasteiger partial charge in [-0.15, -0.1) is 0 Å². The van der Waals surface area contributed by atoms with Gasteiger partial charge in [-0.3, -0.25) is 0 Å². The summed E-state index contributed by atoms with van der Waals surface area (Å²) in [7, 11) is 0. The van der Waals surface area contributed by atoms with Gasteiger partial charge in [0.15, 0.2) is 5.79 Å². The molecule has 1 heterocycles. The minimum absolute atomic E-state index is 0.222. The number of aliphatic hydroxyl groups excluding tert-OH is 1. The highest BCUT2D eigenvalue weighted by molar-refractivity contribution is 5.05. The molecule has 0 spiro atoms. The maximum atomic E-state index is 9.02. The smallest absolute Gasteiger partial charge is 0.174 e. The summed E-state index contributed by atoms with van der Waals surface area (Å²) in [5.74, 6) is -0.308. The lowest BCUT2D eigenvalue weighted by atomic mass is 9.86. The van der Waals surface area contributed by atoms with Crippen LogP contribution in [0.25, 0.3) is 0 Å². The van der Waals surface area contributed by atoms with E-state index in [0.717, 1.165) is 32.5 Å². The van der Waals surface area contributed by atoms with Crippen LogP contribution < -0.4 is 0 Å². The van der Waals surface area contributed by atoms with Gasteiger partial charge in [-0.25, -0.2) is 0 Å². The lowest BCUT2D eigenvalue weighted by Gasteiger charge is -2.36. The quantitative estimate of drug-likeness (QED) is 0.665. The standard InChI is InChI=1S/C14H26O3/c1-2-3-4-7-14(16-11-12-17-14)13(8-9-13)6-5-10-15/h15H,2-12H2,1H3. The van der Waals surface area contributed by atoms with Gasteiger partial charge in [0, 0.05) is 18.4 Å². The van der Waals surface area contributed by atoms with Crippen LogP contribution in [0, 0.1) is 5.41 Å². The van der Waals surface area contributed by atoms with Crippen LogP contribution in [-0.2, 0) is 9.47 Å². The molecule has 0 aromatic carbocycles. The minimum Gasteiger partial charge on any atom is -0.396 e. The number of ether oxygens (including phenoxy) is 2. The van der Waals surface area contributed by atoms with Crippen molar-refractivity contribution < 1.29 is 14.6 Å². The molecule has 2 aliphatic rings. The zero-order valence-electron chi connectivity index (χ0n) is 11.0. The summed E-state index contributed by atoms with van der Waals surface area (Å²) >= 11 is 0. The second kappa shape index (κ2) is 5.68. The van der Waals surface area contributed by atoms with Crippen LogP contribution in [0.2, 0.25) is 0 Å². The molecule has 0 amide bonds. The highest BCUT2D eigenvalue weighted by Gasteiger charge is 2.61. The molecule has 0 radical (unpaired) electrons. The summed E-state index contributed by atoms with van der Waals surface area (Å²) in [6.45, 7) is 3.99. The Balaban J connectivity index is 1.95. The van der Waals surface area contributed by atoms with E-state index in [1.807, 2.05) is 0 Å². The normalized spacial score (nSPS) is 25.1. The van der Waals surface area contributed by atoms with Gasteiger partial charge < -0.3 is 14.6 Å². The van der Waals surface area contributed by atoms with Crippen molar-refractivity contribution in [2.45, 2.75) is 64.1 Å². The molecule has 17 heavy (non-hydrogen) atoms. The molecule has 3 nitrogen and oxygen atoms in total. The van der Waals surface area contributed by atoms with Gasteiger partial charge in [0.05, 0.1) is 13.2 Å². The van der Waals surface area contributed by atoms with Gasteiger partial charge in [-0.05, 0) is 32.1 Å². The first-order chi connectivity index (χ1) is 8.29. The number of unbranched alkanes of at least 4 members (excludes halogenated alkanes) is 2. The fourth-order valence-electron chi connectivity index (χ4n) is 3.17. The lowest BCUT2D eigenvalue weighted by molar-refractivity contribution is -0.214. The second-order valence-corrected chi connectivity index (χ2v) is 5.51. The molecule has 100 valence electrons. The molecule has 1 aliphatic heterocycles. The van der Waals surface area contributed by atoms with Gasteiger partial charge in [-0.1, -0.05) is 19.8 Å². The number of rotatable bonds is 8. The van der Waals surface area contributed by atoms with Crippen LogP contribution in [0.4, 0.5) is 0 Å². The molecular weight excluding hydrogens is 216 g/mol. The minimum atomic E-state index is -0.308. The van der Waals surface area contributed by atoms with Gasteiger partial charge in [0.2, 0.25) is 0 Å². The Hall–Kier alpha value is -0.120. The van der Waals surface area contributed by atoms with Gasteiger partial charge >= 0.3 is 0 Å². The average molecular weight is 242 g/mol. The maximum Gasteiger partial charge on any atom is 0.174 e. The zero-order valence-corrected chi connectivity index (χ0v) is 11.0. The first-order valence-electron chi connectivity index (χ1n) is 7.17. The first kappa shape index (κ1) is 13.3. The number of hydrogen-bond donors (Lipinski definition) is 1. The summed E-state index contributed by atoms with van der Waals surface area (Å²) < 4.78 is 12.0. The second-order valence-electron chi connectivity index (χ2n) is 5.51. The molecule has 1 saturated carbocycles. The molecule has 3 heteroatoms. The van der Waals surface area contributed by atoms with E-state index in [4.69, 9.17) is 14.6 Å². The third kappa shape index (κ3) is 2.67. The van der Waals surface area contributed by atoms with E-state index in [-0.39, 0.29) is 17.8 Å². The molecule has 0 aromatic heterocycles. The highest BCUT2D eigenvalue weighted by atomic mass is 16.7. The van der Waals surface area contributed by atoms with Crippen LogP contribution in [0.3, 0.4) is 0 Å². The third-order valence-electron chi connectivity index (χ3n) is 4.34.